The largest absolute Gasteiger partial charge is 0.478 e. The Hall–Kier alpha value is -1.92. The summed E-state index contributed by atoms with van der Waals surface area (Å²) in [5.41, 5.74) is 0.740. The lowest BCUT2D eigenvalue weighted by Crippen LogP contribution is -2.45. The second-order valence-electron chi connectivity index (χ2n) is 4.49. The lowest BCUT2D eigenvalue weighted by molar-refractivity contribution is 0.0524. The summed E-state index contributed by atoms with van der Waals surface area (Å²) in [7, 11) is 1.48. The summed E-state index contributed by atoms with van der Waals surface area (Å²) in [5.74, 6) is -1.52. The summed E-state index contributed by atoms with van der Waals surface area (Å²) in [4.78, 5) is 23.2. The summed E-state index contributed by atoms with van der Waals surface area (Å²) in [6.45, 7) is 3.03. The smallest absolute Gasteiger partial charge is 0.335 e. The third-order valence-electron chi connectivity index (χ3n) is 3.26. The molecule has 0 heterocycles. The van der Waals surface area contributed by atoms with Gasteiger partial charge < -0.3 is 20.3 Å². The molecule has 110 valence electrons. The fraction of sp³-hybridized carbons (Fsp3) is 0.429. The first kappa shape index (κ1) is 16.1. The summed E-state index contributed by atoms with van der Waals surface area (Å²) in [5, 5.41) is 20.9. The maximum Gasteiger partial charge on any atom is 0.335 e. The van der Waals surface area contributed by atoms with Crippen LogP contribution >= 0.6 is 0 Å². The Bertz CT molecular complexity index is 500. The van der Waals surface area contributed by atoms with Crippen molar-refractivity contribution >= 4 is 11.9 Å². The number of ether oxygens (including phenoxy) is 1. The maximum atomic E-state index is 12.2. The summed E-state index contributed by atoms with van der Waals surface area (Å²) < 4.78 is 5.06. The predicted octanol–water partition coefficient (Wildman–Crippen LogP) is 0.819. The summed E-state index contributed by atoms with van der Waals surface area (Å²) >= 11 is 0. The highest BCUT2D eigenvalue weighted by Gasteiger charge is 2.21. The Morgan fingerprint density at radius 2 is 1.95 bits per heavy atom. The number of aliphatic hydroxyl groups is 1. The molecule has 0 aliphatic carbocycles. The van der Waals surface area contributed by atoms with Crippen molar-refractivity contribution in [1.82, 2.24) is 5.32 Å². The maximum absolute atomic E-state index is 12.2. The Balaban J connectivity index is 2.98. The van der Waals surface area contributed by atoms with Crippen LogP contribution in [0.1, 0.15) is 33.2 Å². The second kappa shape index (κ2) is 7.02. The number of aromatic carboxylic acids is 1. The van der Waals surface area contributed by atoms with Gasteiger partial charge in [0.2, 0.25) is 0 Å². The van der Waals surface area contributed by atoms with Gasteiger partial charge in [-0.1, -0.05) is 6.07 Å². The molecule has 6 heteroatoms. The van der Waals surface area contributed by atoms with E-state index in [1.807, 2.05) is 0 Å². The molecule has 0 radical (unpaired) electrons. The average molecular weight is 281 g/mol. The lowest BCUT2D eigenvalue weighted by Gasteiger charge is -2.22. The highest BCUT2D eigenvalue weighted by atomic mass is 16.5. The minimum Gasteiger partial charge on any atom is -0.478 e. The van der Waals surface area contributed by atoms with Crippen molar-refractivity contribution in [2.45, 2.75) is 26.0 Å². The van der Waals surface area contributed by atoms with Crippen LogP contribution in [0.25, 0.3) is 0 Å². The number of carboxylic acids is 1. The number of carbonyl (C=O) groups is 2. The normalized spacial score (nSPS) is 13.6. The molecule has 20 heavy (non-hydrogen) atoms. The molecule has 0 aliphatic heterocycles. The number of carbonyl (C=O) groups excluding carboxylic acids is 1. The molecule has 0 saturated heterocycles. The van der Waals surface area contributed by atoms with Gasteiger partial charge in [0.25, 0.3) is 5.91 Å². The van der Waals surface area contributed by atoms with Crippen LogP contribution < -0.4 is 5.32 Å². The van der Waals surface area contributed by atoms with Crippen LogP contribution in [0.3, 0.4) is 0 Å². The van der Waals surface area contributed by atoms with E-state index in [0.29, 0.717) is 5.56 Å². The van der Waals surface area contributed by atoms with Gasteiger partial charge in [-0.05, 0) is 31.5 Å². The first-order valence-corrected chi connectivity index (χ1v) is 6.19. The third-order valence-corrected chi connectivity index (χ3v) is 3.26. The molecule has 3 N–H and O–H groups in total. The molecule has 1 aromatic carbocycles. The van der Waals surface area contributed by atoms with Crippen molar-refractivity contribution < 1.29 is 24.5 Å². The Labute approximate surface area is 117 Å². The van der Waals surface area contributed by atoms with Crippen LogP contribution in [-0.4, -0.2) is 48.0 Å². The van der Waals surface area contributed by atoms with Gasteiger partial charge in [-0.3, -0.25) is 4.79 Å². The number of carboxylic acid groups (broad SMARTS) is 1. The number of hydrogen-bond donors (Lipinski definition) is 3. The molecule has 0 aliphatic rings. The van der Waals surface area contributed by atoms with E-state index in [1.54, 1.807) is 19.9 Å². The van der Waals surface area contributed by atoms with Gasteiger partial charge in [0.05, 0.1) is 24.3 Å². The molecule has 0 saturated carbocycles. The van der Waals surface area contributed by atoms with Crippen molar-refractivity contribution in [3.63, 3.8) is 0 Å². The fourth-order valence-electron chi connectivity index (χ4n) is 1.84. The van der Waals surface area contributed by atoms with Crippen molar-refractivity contribution in [3.8, 4) is 0 Å². The van der Waals surface area contributed by atoms with E-state index in [1.165, 1.54) is 19.2 Å². The number of benzene rings is 1. The van der Waals surface area contributed by atoms with E-state index >= 15 is 0 Å². The van der Waals surface area contributed by atoms with Crippen molar-refractivity contribution in [2.24, 2.45) is 0 Å². The zero-order valence-electron chi connectivity index (χ0n) is 11.7. The van der Waals surface area contributed by atoms with Crippen molar-refractivity contribution in [2.75, 3.05) is 13.7 Å². The molecule has 0 aromatic heterocycles. The van der Waals surface area contributed by atoms with Crippen LogP contribution in [-0.2, 0) is 4.74 Å². The molecule has 0 unspecified atom stereocenters. The van der Waals surface area contributed by atoms with Gasteiger partial charge in [-0.2, -0.15) is 0 Å². The van der Waals surface area contributed by atoms with Gasteiger partial charge >= 0.3 is 5.97 Å². The average Bonchev–Trinajstić information content (AvgIpc) is 2.43. The molecular weight excluding hydrogens is 262 g/mol. The number of hydrogen-bond acceptors (Lipinski definition) is 4. The summed E-state index contributed by atoms with van der Waals surface area (Å²) in [6, 6.07) is 3.94. The van der Waals surface area contributed by atoms with E-state index in [2.05, 4.69) is 5.32 Å². The van der Waals surface area contributed by atoms with Crippen LogP contribution in [0.15, 0.2) is 18.2 Å². The van der Waals surface area contributed by atoms with Crippen molar-refractivity contribution in [1.29, 1.82) is 0 Å². The first-order valence-electron chi connectivity index (χ1n) is 6.19. The first-order chi connectivity index (χ1) is 9.42. The van der Waals surface area contributed by atoms with Crippen molar-refractivity contribution in [3.05, 3.63) is 34.9 Å². The minimum absolute atomic E-state index is 0.0815. The molecular formula is C14H19NO5. The standard InChI is InChI=1S/C14H19NO5/c1-8-10(5-4-6-11(8)14(18)19)13(17)15-12(7-16)9(2)20-3/h4-6,9,12,16H,7H2,1-3H3,(H,15,17)(H,18,19)/t9-,12-/m1/s1. The molecule has 1 aromatic rings. The fourth-order valence-corrected chi connectivity index (χ4v) is 1.84. The van der Waals surface area contributed by atoms with E-state index in [4.69, 9.17) is 9.84 Å². The third kappa shape index (κ3) is 3.55. The van der Waals surface area contributed by atoms with Gasteiger partial charge in [0.15, 0.2) is 0 Å². The quantitative estimate of drug-likeness (QED) is 0.717. The van der Waals surface area contributed by atoms with Crippen LogP contribution in [0, 0.1) is 6.92 Å². The van der Waals surface area contributed by atoms with E-state index in [9.17, 15) is 14.7 Å². The Morgan fingerprint density at radius 3 is 2.45 bits per heavy atom. The highest BCUT2D eigenvalue weighted by molar-refractivity contribution is 5.99. The van der Waals surface area contributed by atoms with Gasteiger partial charge in [-0.15, -0.1) is 0 Å². The van der Waals surface area contributed by atoms with Gasteiger partial charge in [0, 0.05) is 12.7 Å². The monoisotopic (exact) mass is 281 g/mol. The molecule has 1 rings (SSSR count). The molecule has 6 nitrogen and oxygen atoms in total. The number of amides is 1. The zero-order chi connectivity index (χ0) is 15.3. The molecule has 0 fully saturated rings. The number of aliphatic hydroxyl groups excluding tert-OH is 1. The SMILES string of the molecule is CO[C@H](C)[C@@H](CO)NC(=O)c1cccc(C(=O)O)c1C. The topological polar surface area (TPSA) is 95.9 Å². The molecule has 2 atom stereocenters. The molecule has 1 amide bonds. The van der Waals surface area contributed by atoms with E-state index in [-0.39, 0.29) is 23.8 Å². The molecule has 0 spiro atoms. The number of rotatable bonds is 6. The van der Waals surface area contributed by atoms with Crippen LogP contribution in [0.2, 0.25) is 0 Å². The Kier molecular flexibility index (Phi) is 5.66. The zero-order valence-corrected chi connectivity index (χ0v) is 11.7. The predicted molar refractivity (Wildman–Crippen MR) is 72.9 cm³/mol. The Morgan fingerprint density at radius 1 is 1.35 bits per heavy atom. The van der Waals surface area contributed by atoms with E-state index in [0.717, 1.165) is 0 Å². The van der Waals surface area contributed by atoms with Crippen LogP contribution in [0.4, 0.5) is 0 Å². The second-order valence-corrected chi connectivity index (χ2v) is 4.49. The summed E-state index contributed by atoms with van der Waals surface area (Å²) in [6.07, 6.45) is -0.355. The van der Waals surface area contributed by atoms with E-state index < -0.39 is 17.9 Å². The number of methoxy groups -OCH3 is 1. The lowest BCUT2D eigenvalue weighted by atomic mass is 10.0. The molecule has 0 bridgehead atoms. The van der Waals surface area contributed by atoms with Gasteiger partial charge in [0.1, 0.15) is 0 Å². The number of nitrogens with one attached hydrogen (secondary N) is 1. The van der Waals surface area contributed by atoms with Crippen LogP contribution in [0.5, 0.6) is 0 Å². The minimum atomic E-state index is -1.08. The highest BCUT2D eigenvalue weighted by Crippen LogP contribution is 2.14. The van der Waals surface area contributed by atoms with Gasteiger partial charge in [-0.25, -0.2) is 4.79 Å².